The van der Waals surface area contributed by atoms with Crippen LogP contribution in [0.1, 0.15) is 38.5 Å². The Morgan fingerprint density at radius 2 is 1.62 bits per heavy atom. The number of nitrogens with one attached hydrogen (secondary N) is 1. The van der Waals surface area contributed by atoms with E-state index in [0.29, 0.717) is 15.7 Å². The van der Waals surface area contributed by atoms with Gasteiger partial charge in [-0.1, -0.05) is 29.3 Å². The second-order valence-corrected chi connectivity index (χ2v) is 7.46. The van der Waals surface area contributed by atoms with Gasteiger partial charge in [-0.15, -0.1) is 0 Å². The molecule has 1 saturated carbocycles. The minimum atomic E-state index is -0.0670. The lowest BCUT2D eigenvalue weighted by Gasteiger charge is -2.29. The van der Waals surface area contributed by atoms with Gasteiger partial charge >= 0.3 is 0 Å². The van der Waals surface area contributed by atoms with Crippen LogP contribution in [0.25, 0.3) is 0 Å². The van der Waals surface area contributed by atoms with Crippen molar-refractivity contribution in [1.29, 1.82) is 0 Å². The Labute approximate surface area is 152 Å². The average Bonchev–Trinajstić information content (AvgIpc) is 3.13. The molecular weight excluding hydrogens is 347 g/mol. The van der Waals surface area contributed by atoms with Gasteiger partial charge in [-0.3, -0.25) is 9.59 Å². The molecule has 0 atom stereocenters. The zero-order valence-corrected chi connectivity index (χ0v) is 15.1. The van der Waals surface area contributed by atoms with E-state index in [-0.39, 0.29) is 23.7 Å². The molecule has 1 aliphatic carbocycles. The van der Waals surface area contributed by atoms with E-state index in [1.54, 1.807) is 18.2 Å². The van der Waals surface area contributed by atoms with Gasteiger partial charge in [-0.2, -0.15) is 0 Å². The number of carbonyl (C=O) groups excluding carboxylic acids is 2. The monoisotopic (exact) mass is 368 g/mol. The summed E-state index contributed by atoms with van der Waals surface area (Å²) in [6, 6.07) is 5.19. The first-order valence-electron chi connectivity index (χ1n) is 8.60. The molecule has 2 amide bonds. The van der Waals surface area contributed by atoms with Gasteiger partial charge in [0, 0.05) is 24.9 Å². The lowest BCUT2D eigenvalue weighted by molar-refractivity contribution is -0.136. The topological polar surface area (TPSA) is 49.4 Å². The number of benzene rings is 1. The van der Waals surface area contributed by atoms with Crippen molar-refractivity contribution in [2.45, 2.75) is 38.5 Å². The predicted molar refractivity (Wildman–Crippen MR) is 96.4 cm³/mol. The number of carbonyl (C=O) groups is 2. The van der Waals surface area contributed by atoms with Crippen LogP contribution < -0.4 is 5.32 Å². The van der Waals surface area contributed by atoms with Crippen molar-refractivity contribution in [3.05, 3.63) is 28.2 Å². The molecule has 3 rings (SSSR count). The van der Waals surface area contributed by atoms with Crippen LogP contribution in [0, 0.1) is 11.8 Å². The summed E-state index contributed by atoms with van der Waals surface area (Å²) in [7, 11) is 0. The molecule has 24 heavy (non-hydrogen) atoms. The maximum Gasteiger partial charge on any atom is 0.227 e. The highest BCUT2D eigenvalue weighted by Gasteiger charge is 2.33. The van der Waals surface area contributed by atoms with Gasteiger partial charge in [0.25, 0.3) is 0 Å². The van der Waals surface area contributed by atoms with Gasteiger partial charge in [0.1, 0.15) is 0 Å². The molecule has 0 unspecified atom stereocenters. The number of hydrogen-bond acceptors (Lipinski definition) is 2. The van der Waals surface area contributed by atoms with E-state index in [2.05, 4.69) is 5.32 Å². The third-order valence-corrected chi connectivity index (χ3v) is 5.89. The average molecular weight is 369 g/mol. The standard InChI is InChI=1S/C18H22Cl2N2O2/c19-14-4-3-5-15(16(14)20)21-17(23)12-6-8-13(9-7-12)18(24)22-10-1-2-11-22/h3-5,12-13H,1-2,6-11H2,(H,21,23). The molecule has 6 heteroatoms. The summed E-state index contributed by atoms with van der Waals surface area (Å²) < 4.78 is 0. The third kappa shape index (κ3) is 3.86. The number of rotatable bonds is 3. The fraction of sp³-hybridized carbons (Fsp3) is 0.556. The van der Waals surface area contributed by atoms with Gasteiger partial charge < -0.3 is 10.2 Å². The SMILES string of the molecule is O=C(Nc1cccc(Cl)c1Cl)C1CCC(C(=O)N2CCCC2)CC1. The van der Waals surface area contributed by atoms with E-state index >= 15 is 0 Å². The van der Waals surface area contributed by atoms with Crippen molar-refractivity contribution in [1.82, 2.24) is 4.90 Å². The molecule has 0 spiro atoms. The number of anilines is 1. The van der Waals surface area contributed by atoms with Crippen LogP contribution in [0.2, 0.25) is 10.0 Å². The molecule has 2 aliphatic rings. The van der Waals surface area contributed by atoms with E-state index in [1.807, 2.05) is 4.90 Å². The van der Waals surface area contributed by atoms with Crippen LogP contribution in [0.4, 0.5) is 5.69 Å². The molecule has 1 saturated heterocycles. The zero-order valence-electron chi connectivity index (χ0n) is 13.6. The lowest BCUT2D eigenvalue weighted by atomic mass is 9.81. The summed E-state index contributed by atoms with van der Waals surface area (Å²) in [4.78, 5) is 26.9. The summed E-state index contributed by atoms with van der Waals surface area (Å²) in [5, 5.41) is 3.66. The number of nitrogens with zero attached hydrogens (tertiary/aromatic N) is 1. The molecule has 1 heterocycles. The number of halogens is 2. The highest BCUT2D eigenvalue weighted by Crippen LogP contribution is 2.34. The Bertz CT molecular complexity index is 621. The minimum Gasteiger partial charge on any atom is -0.342 e. The van der Waals surface area contributed by atoms with Gasteiger partial charge in [0.15, 0.2) is 0 Å². The zero-order chi connectivity index (χ0) is 17.1. The molecule has 1 aliphatic heterocycles. The normalized spacial score (nSPS) is 24.0. The highest BCUT2D eigenvalue weighted by atomic mass is 35.5. The third-order valence-electron chi connectivity index (χ3n) is 5.07. The van der Waals surface area contributed by atoms with Gasteiger partial charge in [-0.05, 0) is 50.7 Å². The first-order valence-corrected chi connectivity index (χ1v) is 9.35. The van der Waals surface area contributed by atoms with Crippen molar-refractivity contribution in [2.75, 3.05) is 18.4 Å². The summed E-state index contributed by atoms with van der Waals surface area (Å²) in [5.74, 6) is 0.264. The van der Waals surface area contributed by atoms with E-state index < -0.39 is 0 Å². The molecule has 1 aromatic carbocycles. The van der Waals surface area contributed by atoms with Crippen molar-refractivity contribution in [3.8, 4) is 0 Å². The fourth-order valence-electron chi connectivity index (χ4n) is 3.63. The van der Waals surface area contributed by atoms with Crippen LogP contribution in [0.15, 0.2) is 18.2 Å². The number of amides is 2. The summed E-state index contributed by atoms with van der Waals surface area (Å²) in [6.45, 7) is 1.79. The van der Waals surface area contributed by atoms with Crippen molar-refractivity contribution in [3.63, 3.8) is 0 Å². The first-order chi connectivity index (χ1) is 11.6. The Kier molecular flexibility index (Phi) is 5.67. The molecule has 0 aromatic heterocycles. The predicted octanol–water partition coefficient (Wildman–Crippen LogP) is 4.36. The van der Waals surface area contributed by atoms with Crippen LogP contribution in [0.5, 0.6) is 0 Å². The van der Waals surface area contributed by atoms with Crippen LogP contribution >= 0.6 is 23.2 Å². The number of likely N-dealkylation sites (tertiary alicyclic amines) is 1. The van der Waals surface area contributed by atoms with E-state index in [1.165, 1.54) is 0 Å². The van der Waals surface area contributed by atoms with Crippen LogP contribution in [0.3, 0.4) is 0 Å². The minimum absolute atomic E-state index is 0.0359. The highest BCUT2D eigenvalue weighted by molar-refractivity contribution is 6.44. The Balaban J connectivity index is 1.53. The Hall–Kier alpha value is -1.26. The van der Waals surface area contributed by atoms with Gasteiger partial charge in [0.05, 0.1) is 15.7 Å². The molecular formula is C18H22Cl2N2O2. The Morgan fingerprint density at radius 3 is 2.29 bits per heavy atom. The maximum absolute atomic E-state index is 12.5. The molecule has 1 aromatic rings. The second kappa shape index (κ2) is 7.75. The Morgan fingerprint density at radius 1 is 1.00 bits per heavy atom. The van der Waals surface area contributed by atoms with Crippen molar-refractivity contribution < 1.29 is 9.59 Å². The fourth-order valence-corrected chi connectivity index (χ4v) is 3.98. The summed E-state index contributed by atoms with van der Waals surface area (Å²) in [5.41, 5.74) is 0.546. The van der Waals surface area contributed by atoms with Crippen LogP contribution in [-0.4, -0.2) is 29.8 Å². The molecule has 2 fully saturated rings. The first kappa shape index (κ1) is 17.6. The van der Waals surface area contributed by atoms with Crippen LogP contribution in [-0.2, 0) is 9.59 Å². The van der Waals surface area contributed by atoms with Gasteiger partial charge in [-0.25, -0.2) is 0 Å². The molecule has 0 radical (unpaired) electrons. The lowest BCUT2D eigenvalue weighted by Crippen LogP contribution is -2.37. The van der Waals surface area contributed by atoms with E-state index in [9.17, 15) is 9.59 Å². The van der Waals surface area contributed by atoms with E-state index in [4.69, 9.17) is 23.2 Å². The second-order valence-electron chi connectivity index (χ2n) is 6.67. The molecule has 1 N–H and O–H groups in total. The molecule has 0 bridgehead atoms. The summed E-state index contributed by atoms with van der Waals surface area (Å²) in [6.07, 6.45) is 5.30. The number of hydrogen-bond donors (Lipinski definition) is 1. The van der Waals surface area contributed by atoms with Gasteiger partial charge in [0.2, 0.25) is 11.8 Å². The molecule has 130 valence electrons. The van der Waals surface area contributed by atoms with Crippen molar-refractivity contribution >= 4 is 40.7 Å². The van der Waals surface area contributed by atoms with Crippen molar-refractivity contribution in [2.24, 2.45) is 11.8 Å². The smallest absolute Gasteiger partial charge is 0.227 e. The summed E-state index contributed by atoms with van der Waals surface area (Å²) >= 11 is 12.1. The largest absolute Gasteiger partial charge is 0.342 e. The quantitative estimate of drug-likeness (QED) is 0.861. The van der Waals surface area contributed by atoms with E-state index in [0.717, 1.165) is 51.6 Å². The maximum atomic E-state index is 12.5. The molecule has 4 nitrogen and oxygen atoms in total.